The average molecular weight is 479 g/mol. The minimum absolute atomic E-state index is 0.0219. The minimum atomic E-state index is -4.52. The van der Waals surface area contributed by atoms with E-state index >= 15 is 0 Å². The van der Waals surface area contributed by atoms with Gasteiger partial charge in [0.05, 0.1) is 43.0 Å². The number of nitrogens with zero attached hydrogens (tertiary/aromatic N) is 3. The topological polar surface area (TPSA) is 82.2 Å². The molecule has 32 heavy (non-hydrogen) atoms. The zero-order valence-corrected chi connectivity index (χ0v) is 19.0. The first kappa shape index (κ1) is 24.7. The molecule has 2 fully saturated rings. The SMILES string of the molecule is CN(C1CCN(CC(=O)Nc2cc(C(F)(F)F)ccc2N2CCOCC2)CC1)S(C)(=O)=O. The molecule has 180 valence electrons. The highest BCUT2D eigenvalue weighted by Crippen LogP contribution is 2.35. The molecule has 0 unspecified atom stereocenters. The van der Waals surface area contributed by atoms with Crippen molar-refractivity contribution in [2.45, 2.75) is 25.1 Å². The monoisotopic (exact) mass is 478 g/mol. The van der Waals surface area contributed by atoms with E-state index in [1.54, 1.807) is 7.05 Å². The Bertz CT molecular complexity index is 912. The van der Waals surface area contributed by atoms with Gasteiger partial charge in [0.25, 0.3) is 0 Å². The number of morpholine rings is 1. The van der Waals surface area contributed by atoms with Crippen LogP contribution < -0.4 is 10.2 Å². The van der Waals surface area contributed by atoms with Gasteiger partial charge in [0, 0.05) is 39.3 Å². The molecule has 0 saturated carbocycles. The predicted molar refractivity (Wildman–Crippen MR) is 115 cm³/mol. The number of hydrogen-bond acceptors (Lipinski definition) is 6. The summed E-state index contributed by atoms with van der Waals surface area (Å²) in [6.07, 6.45) is -2.19. The highest BCUT2D eigenvalue weighted by molar-refractivity contribution is 7.88. The highest BCUT2D eigenvalue weighted by Gasteiger charge is 2.32. The lowest BCUT2D eigenvalue weighted by atomic mass is 10.1. The fourth-order valence-corrected chi connectivity index (χ4v) is 4.75. The molecule has 1 aromatic carbocycles. The van der Waals surface area contributed by atoms with E-state index in [1.165, 1.54) is 10.4 Å². The van der Waals surface area contributed by atoms with Gasteiger partial charge in [-0.25, -0.2) is 12.7 Å². The van der Waals surface area contributed by atoms with E-state index in [1.807, 2.05) is 9.80 Å². The van der Waals surface area contributed by atoms with Crippen molar-refractivity contribution in [2.75, 3.05) is 69.5 Å². The van der Waals surface area contributed by atoms with Crippen LogP contribution in [0.15, 0.2) is 18.2 Å². The summed E-state index contributed by atoms with van der Waals surface area (Å²) in [4.78, 5) is 16.4. The number of alkyl halides is 3. The molecule has 2 aliphatic rings. The van der Waals surface area contributed by atoms with Crippen molar-refractivity contribution in [3.8, 4) is 0 Å². The number of halogens is 3. The smallest absolute Gasteiger partial charge is 0.378 e. The van der Waals surface area contributed by atoms with Crippen molar-refractivity contribution in [2.24, 2.45) is 0 Å². The Morgan fingerprint density at radius 1 is 1.19 bits per heavy atom. The van der Waals surface area contributed by atoms with Crippen LogP contribution in [0.2, 0.25) is 0 Å². The molecule has 12 heteroatoms. The second-order valence-electron chi connectivity index (χ2n) is 8.16. The first-order chi connectivity index (χ1) is 14.9. The summed E-state index contributed by atoms with van der Waals surface area (Å²) in [6.45, 7) is 3.05. The summed E-state index contributed by atoms with van der Waals surface area (Å²) in [5.41, 5.74) is -0.170. The Morgan fingerprint density at radius 2 is 1.81 bits per heavy atom. The van der Waals surface area contributed by atoms with E-state index in [2.05, 4.69) is 5.32 Å². The van der Waals surface area contributed by atoms with Gasteiger partial charge in [0.15, 0.2) is 0 Å². The van der Waals surface area contributed by atoms with Crippen LogP contribution in [-0.2, 0) is 25.7 Å². The molecular weight excluding hydrogens is 449 g/mol. The van der Waals surface area contributed by atoms with Gasteiger partial charge < -0.3 is 15.0 Å². The summed E-state index contributed by atoms with van der Waals surface area (Å²) in [5.74, 6) is -0.409. The first-order valence-corrected chi connectivity index (χ1v) is 12.3. The van der Waals surface area contributed by atoms with Gasteiger partial charge in [0.2, 0.25) is 15.9 Å². The van der Waals surface area contributed by atoms with Gasteiger partial charge in [-0.3, -0.25) is 9.69 Å². The van der Waals surface area contributed by atoms with Crippen molar-refractivity contribution >= 4 is 27.3 Å². The van der Waals surface area contributed by atoms with E-state index in [0.717, 1.165) is 18.4 Å². The number of sulfonamides is 1. The molecule has 2 aliphatic heterocycles. The van der Waals surface area contributed by atoms with E-state index in [0.29, 0.717) is 57.9 Å². The van der Waals surface area contributed by atoms with Crippen LogP contribution in [0, 0.1) is 0 Å². The quantitative estimate of drug-likeness (QED) is 0.672. The summed E-state index contributed by atoms with van der Waals surface area (Å²) in [7, 11) is -1.74. The molecule has 0 aliphatic carbocycles. The van der Waals surface area contributed by atoms with Crippen molar-refractivity contribution in [1.82, 2.24) is 9.21 Å². The van der Waals surface area contributed by atoms with E-state index < -0.39 is 27.7 Å². The number of hydrogen-bond donors (Lipinski definition) is 1. The standard InChI is InChI=1S/C20H29F3N4O4S/c1-25(32(2,29)30)16-5-7-26(8-6-16)14-19(28)24-17-13-15(20(21,22)23)3-4-18(17)27-9-11-31-12-10-27/h3-4,13,16H,5-12,14H2,1-2H3,(H,24,28). The van der Waals surface area contributed by atoms with Crippen LogP contribution in [0.1, 0.15) is 18.4 Å². The Labute approximate surface area is 186 Å². The van der Waals surface area contributed by atoms with Crippen LogP contribution >= 0.6 is 0 Å². The second-order valence-corrected chi connectivity index (χ2v) is 10.2. The Kier molecular flexibility index (Phi) is 7.69. The number of rotatable bonds is 6. The van der Waals surface area contributed by atoms with E-state index in [-0.39, 0.29) is 18.3 Å². The van der Waals surface area contributed by atoms with Crippen LogP contribution in [0.3, 0.4) is 0 Å². The molecule has 8 nitrogen and oxygen atoms in total. The molecule has 0 atom stereocenters. The number of carbonyl (C=O) groups excluding carboxylic acids is 1. The molecule has 0 radical (unpaired) electrons. The Morgan fingerprint density at radius 3 is 2.38 bits per heavy atom. The van der Waals surface area contributed by atoms with E-state index in [9.17, 15) is 26.4 Å². The molecule has 1 aromatic rings. The van der Waals surface area contributed by atoms with Crippen LogP contribution in [0.25, 0.3) is 0 Å². The maximum atomic E-state index is 13.2. The zero-order valence-electron chi connectivity index (χ0n) is 18.2. The zero-order chi connectivity index (χ0) is 23.5. The Hall–Kier alpha value is -1.89. The van der Waals surface area contributed by atoms with Gasteiger partial charge in [-0.2, -0.15) is 13.2 Å². The largest absolute Gasteiger partial charge is 0.416 e. The molecule has 2 heterocycles. The lowest BCUT2D eigenvalue weighted by Gasteiger charge is -2.35. The molecule has 0 spiro atoms. The number of benzene rings is 1. The number of likely N-dealkylation sites (tertiary alicyclic amines) is 1. The molecule has 0 bridgehead atoms. The number of nitrogens with one attached hydrogen (secondary N) is 1. The van der Waals surface area contributed by atoms with Gasteiger partial charge in [-0.1, -0.05) is 0 Å². The molecule has 0 aromatic heterocycles. The van der Waals surface area contributed by atoms with Crippen molar-refractivity contribution in [1.29, 1.82) is 0 Å². The predicted octanol–water partition coefficient (Wildman–Crippen LogP) is 1.84. The average Bonchev–Trinajstić information content (AvgIpc) is 2.73. The molecule has 3 rings (SSSR count). The summed E-state index contributed by atoms with van der Waals surface area (Å²) < 4.78 is 69.8. The van der Waals surface area contributed by atoms with Gasteiger partial charge in [-0.15, -0.1) is 0 Å². The van der Waals surface area contributed by atoms with Gasteiger partial charge in [0.1, 0.15) is 0 Å². The van der Waals surface area contributed by atoms with Crippen LogP contribution in [0.5, 0.6) is 0 Å². The number of carbonyl (C=O) groups is 1. The van der Waals surface area contributed by atoms with Gasteiger partial charge >= 0.3 is 6.18 Å². The number of ether oxygens (including phenoxy) is 1. The number of amides is 1. The van der Waals surface area contributed by atoms with Crippen molar-refractivity contribution < 1.29 is 31.1 Å². The molecule has 1 N–H and O–H groups in total. The summed E-state index contributed by atoms with van der Waals surface area (Å²) in [5, 5.41) is 2.66. The summed E-state index contributed by atoms with van der Waals surface area (Å²) in [6, 6.07) is 3.25. The summed E-state index contributed by atoms with van der Waals surface area (Å²) >= 11 is 0. The minimum Gasteiger partial charge on any atom is -0.378 e. The Balaban J connectivity index is 1.66. The fraction of sp³-hybridized carbons (Fsp3) is 0.650. The highest BCUT2D eigenvalue weighted by atomic mass is 32.2. The van der Waals surface area contributed by atoms with Crippen molar-refractivity contribution in [3.63, 3.8) is 0 Å². The second kappa shape index (κ2) is 9.94. The van der Waals surface area contributed by atoms with Crippen LogP contribution in [-0.4, -0.2) is 88.8 Å². The lowest BCUT2D eigenvalue weighted by molar-refractivity contribution is -0.137. The first-order valence-electron chi connectivity index (χ1n) is 10.4. The number of anilines is 2. The van der Waals surface area contributed by atoms with Crippen LogP contribution in [0.4, 0.5) is 24.5 Å². The lowest BCUT2D eigenvalue weighted by Crippen LogP contribution is -2.47. The fourth-order valence-electron chi connectivity index (χ4n) is 4.00. The molecule has 1 amide bonds. The van der Waals surface area contributed by atoms with Gasteiger partial charge in [-0.05, 0) is 31.0 Å². The van der Waals surface area contributed by atoms with E-state index in [4.69, 9.17) is 4.74 Å². The number of piperidine rings is 1. The van der Waals surface area contributed by atoms with Crippen molar-refractivity contribution in [3.05, 3.63) is 23.8 Å². The normalized spacial score (nSPS) is 19.4. The maximum Gasteiger partial charge on any atom is 0.416 e. The third kappa shape index (κ3) is 6.33. The molecular formula is C20H29F3N4O4S. The maximum absolute atomic E-state index is 13.2. The molecule has 2 saturated heterocycles. The third-order valence-electron chi connectivity index (χ3n) is 5.91. The third-order valence-corrected chi connectivity index (χ3v) is 7.26.